The number of nitrogens with one attached hydrogen (secondary N) is 1. The highest BCUT2D eigenvalue weighted by Crippen LogP contribution is 2.44. The number of aliphatic hydroxyl groups excluding tert-OH is 1. The normalized spacial score (nSPS) is 37.4. The molecule has 2 aliphatic rings. The van der Waals surface area contributed by atoms with Gasteiger partial charge in [0.2, 0.25) is 0 Å². The first-order valence-corrected chi connectivity index (χ1v) is 7.91. The maximum absolute atomic E-state index is 10.0. The quantitative estimate of drug-likeness (QED) is 0.824. The van der Waals surface area contributed by atoms with Gasteiger partial charge in [-0.1, -0.05) is 20.8 Å². The van der Waals surface area contributed by atoms with Crippen LogP contribution in [-0.4, -0.2) is 48.3 Å². The van der Waals surface area contributed by atoms with Gasteiger partial charge in [0.25, 0.3) is 0 Å². The molecule has 1 aliphatic heterocycles. The van der Waals surface area contributed by atoms with Gasteiger partial charge in [0, 0.05) is 11.6 Å². The fourth-order valence-electron chi connectivity index (χ4n) is 4.60. The van der Waals surface area contributed by atoms with E-state index >= 15 is 0 Å². The monoisotopic (exact) mass is 268 g/mol. The van der Waals surface area contributed by atoms with Crippen molar-refractivity contribution in [2.24, 2.45) is 11.3 Å². The molecule has 1 aliphatic carbocycles. The van der Waals surface area contributed by atoms with Crippen LogP contribution in [0.15, 0.2) is 0 Å². The van der Waals surface area contributed by atoms with Gasteiger partial charge in [0.1, 0.15) is 0 Å². The smallest absolute Gasteiger partial charge is 0.0613 e. The van der Waals surface area contributed by atoms with E-state index in [2.05, 4.69) is 38.0 Å². The van der Waals surface area contributed by atoms with Crippen LogP contribution in [0.25, 0.3) is 0 Å². The highest BCUT2D eigenvalue weighted by atomic mass is 16.3. The molecular formula is C16H32N2O. The zero-order valence-electron chi connectivity index (χ0n) is 13.2. The number of rotatable bonds is 3. The number of hydrogen-bond donors (Lipinski definition) is 2. The minimum absolute atomic E-state index is 0.0399. The van der Waals surface area contributed by atoms with E-state index in [0.29, 0.717) is 17.4 Å². The Kier molecular flexibility index (Phi) is 4.59. The Bertz CT molecular complexity index is 297. The summed E-state index contributed by atoms with van der Waals surface area (Å²) in [4.78, 5) is 2.40. The molecule has 0 spiro atoms. The topological polar surface area (TPSA) is 35.5 Å². The highest BCUT2D eigenvalue weighted by molar-refractivity contribution is 5.00. The van der Waals surface area contributed by atoms with Crippen molar-refractivity contribution in [1.82, 2.24) is 10.2 Å². The van der Waals surface area contributed by atoms with E-state index in [1.807, 2.05) is 0 Å². The van der Waals surface area contributed by atoms with Gasteiger partial charge in [0.15, 0.2) is 0 Å². The number of piperidine rings is 1. The number of aliphatic hydroxyl groups is 1. The Labute approximate surface area is 118 Å². The first kappa shape index (κ1) is 15.3. The third-order valence-corrected chi connectivity index (χ3v) is 4.99. The first-order valence-electron chi connectivity index (χ1n) is 7.91. The Balaban J connectivity index is 2.01. The van der Waals surface area contributed by atoms with E-state index in [0.717, 1.165) is 12.8 Å². The van der Waals surface area contributed by atoms with Crippen LogP contribution >= 0.6 is 0 Å². The van der Waals surface area contributed by atoms with Gasteiger partial charge in [0.05, 0.1) is 6.61 Å². The van der Waals surface area contributed by atoms with E-state index in [4.69, 9.17) is 0 Å². The van der Waals surface area contributed by atoms with E-state index < -0.39 is 0 Å². The summed E-state index contributed by atoms with van der Waals surface area (Å²) < 4.78 is 0. The first-order chi connectivity index (χ1) is 8.84. The molecular weight excluding hydrogens is 236 g/mol. The van der Waals surface area contributed by atoms with E-state index in [9.17, 15) is 5.11 Å². The molecule has 0 amide bonds. The molecule has 0 aromatic rings. The van der Waals surface area contributed by atoms with Crippen LogP contribution in [-0.2, 0) is 0 Å². The van der Waals surface area contributed by atoms with Gasteiger partial charge in [-0.3, -0.25) is 0 Å². The van der Waals surface area contributed by atoms with Gasteiger partial charge in [-0.25, -0.2) is 0 Å². The number of hydrogen-bond acceptors (Lipinski definition) is 3. The van der Waals surface area contributed by atoms with E-state index in [1.165, 1.54) is 32.4 Å². The van der Waals surface area contributed by atoms with Crippen molar-refractivity contribution < 1.29 is 5.11 Å². The third-order valence-electron chi connectivity index (χ3n) is 4.99. The standard InChI is InChI=1S/C16H32N2O/c1-13-9-15(2,3)11-16(10-13,12-19)17-14-5-7-18(4)8-6-14/h13-14,17,19H,5-12H2,1-4H3/t13-,16-/m0/s1. The fourth-order valence-corrected chi connectivity index (χ4v) is 4.60. The predicted molar refractivity (Wildman–Crippen MR) is 80.3 cm³/mol. The summed E-state index contributed by atoms with van der Waals surface area (Å²) in [5.41, 5.74) is 0.306. The van der Waals surface area contributed by atoms with Crippen molar-refractivity contribution in [2.45, 2.75) is 64.5 Å². The molecule has 2 atom stereocenters. The second-order valence-corrected chi connectivity index (χ2v) is 8.01. The molecule has 112 valence electrons. The number of likely N-dealkylation sites (tertiary alicyclic amines) is 1. The summed E-state index contributed by atoms with van der Waals surface area (Å²) in [6.45, 7) is 9.68. The number of nitrogens with zero attached hydrogens (tertiary/aromatic N) is 1. The van der Waals surface area contributed by atoms with Crippen molar-refractivity contribution in [3.8, 4) is 0 Å². The molecule has 1 heterocycles. The van der Waals surface area contributed by atoms with Crippen molar-refractivity contribution in [1.29, 1.82) is 0 Å². The third kappa shape index (κ3) is 3.93. The van der Waals surface area contributed by atoms with Crippen molar-refractivity contribution in [3.63, 3.8) is 0 Å². The molecule has 3 heteroatoms. The molecule has 0 aromatic heterocycles. The van der Waals surface area contributed by atoms with Gasteiger partial charge < -0.3 is 15.3 Å². The van der Waals surface area contributed by atoms with Gasteiger partial charge in [-0.05, 0) is 63.6 Å². The SMILES string of the molecule is C[C@H]1CC(C)(C)C[C@@](CO)(NC2CCN(C)CC2)C1. The summed E-state index contributed by atoms with van der Waals surface area (Å²) in [6, 6.07) is 0.587. The average molecular weight is 268 g/mol. The lowest BCUT2D eigenvalue weighted by Gasteiger charge is -2.49. The second kappa shape index (κ2) is 5.71. The lowest BCUT2D eigenvalue weighted by Crippen LogP contribution is -2.59. The van der Waals surface area contributed by atoms with Crippen LogP contribution in [0.1, 0.15) is 52.9 Å². The van der Waals surface area contributed by atoms with Gasteiger partial charge in [-0.15, -0.1) is 0 Å². The molecule has 3 nitrogen and oxygen atoms in total. The second-order valence-electron chi connectivity index (χ2n) is 8.01. The zero-order valence-corrected chi connectivity index (χ0v) is 13.2. The fraction of sp³-hybridized carbons (Fsp3) is 1.00. The summed E-state index contributed by atoms with van der Waals surface area (Å²) in [5, 5.41) is 13.9. The molecule has 2 N–H and O–H groups in total. The average Bonchev–Trinajstić information content (AvgIpc) is 2.29. The van der Waals surface area contributed by atoms with Crippen LogP contribution < -0.4 is 5.32 Å². The maximum Gasteiger partial charge on any atom is 0.0613 e. The van der Waals surface area contributed by atoms with Gasteiger partial charge >= 0.3 is 0 Å². The van der Waals surface area contributed by atoms with Crippen LogP contribution in [0.4, 0.5) is 0 Å². The molecule has 0 unspecified atom stereocenters. The zero-order chi connectivity index (χ0) is 14.1. The van der Waals surface area contributed by atoms with Crippen LogP contribution in [0.5, 0.6) is 0 Å². The summed E-state index contributed by atoms with van der Waals surface area (Å²) in [5.74, 6) is 0.703. The Morgan fingerprint density at radius 2 is 1.84 bits per heavy atom. The summed E-state index contributed by atoms with van der Waals surface area (Å²) >= 11 is 0. The summed E-state index contributed by atoms with van der Waals surface area (Å²) in [6.07, 6.45) is 5.94. The Hall–Kier alpha value is -0.120. The molecule has 0 aromatic carbocycles. The van der Waals surface area contributed by atoms with Crippen LogP contribution in [0.3, 0.4) is 0 Å². The van der Waals surface area contributed by atoms with Crippen LogP contribution in [0, 0.1) is 11.3 Å². The van der Waals surface area contributed by atoms with E-state index in [-0.39, 0.29) is 12.1 Å². The van der Waals surface area contributed by atoms with Crippen LogP contribution in [0.2, 0.25) is 0 Å². The van der Waals surface area contributed by atoms with Crippen molar-refractivity contribution in [2.75, 3.05) is 26.7 Å². The molecule has 1 saturated carbocycles. The predicted octanol–water partition coefficient (Wildman–Crippen LogP) is 2.25. The minimum Gasteiger partial charge on any atom is -0.394 e. The molecule has 0 radical (unpaired) electrons. The lowest BCUT2D eigenvalue weighted by molar-refractivity contribution is 0.0225. The van der Waals surface area contributed by atoms with E-state index in [1.54, 1.807) is 0 Å². The molecule has 2 rings (SSSR count). The molecule has 1 saturated heterocycles. The summed E-state index contributed by atoms with van der Waals surface area (Å²) in [7, 11) is 2.20. The Morgan fingerprint density at radius 1 is 1.21 bits per heavy atom. The molecule has 19 heavy (non-hydrogen) atoms. The molecule has 2 fully saturated rings. The van der Waals surface area contributed by atoms with Crippen molar-refractivity contribution >= 4 is 0 Å². The lowest BCUT2D eigenvalue weighted by atomic mass is 9.64. The largest absolute Gasteiger partial charge is 0.394 e. The maximum atomic E-state index is 10.0. The minimum atomic E-state index is -0.0399. The van der Waals surface area contributed by atoms with Crippen molar-refractivity contribution in [3.05, 3.63) is 0 Å². The molecule has 0 bridgehead atoms. The highest BCUT2D eigenvalue weighted by Gasteiger charge is 2.43. The van der Waals surface area contributed by atoms with Gasteiger partial charge in [-0.2, -0.15) is 0 Å². The Morgan fingerprint density at radius 3 is 2.37 bits per heavy atom.